The summed E-state index contributed by atoms with van der Waals surface area (Å²) < 4.78 is 10.7. The molecular formula is C18H24N2O6. The lowest BCUT2D eigenvalue weighted by atomic mass is 9.96. The predicted molar refractivity (Wildman–Crippen MR) is 91.1 cm³/mol. The van der Waals surface area contributed by atoms with Crippen molar-refractivity contribution in [1.82, 2.24) is 9.80 Å². The Kier molecular flexibility index (Phi) is 5.61. The molecule has 0 aromatic carbocycles. The van der Waals surface area contributed by atoms with Gasteiger partial charge >= 0.3 is 5.97 Å². The molecule has 1 aromatic heterocycles. The Hall–Kier alpha value is -2.35. The molecule has 0 radical (unpaired) electrons. The molecule has 1 unspecified atom stereocenters. The van der Waals surface area contributed by atoms with Gasteiger partial charge < -0.3 is 24.1 Å². The van der Waals surface area contributed by atoms with Crippen LogP contribution in [0.5, 0.6) is 0 Å². The van der Waals surface area contributed by atoms with E-state index in [1.807, 2.05) is 0 Å². The molecule has 0 spiro atoms. The fourth-order valence-electron chi connectivity index (χ4n) is 3.54. The van der Waals surface area contributed by atoms with Crippen LogP contribution >= 0.6 is 0 Å². The van der Waals surface area contributed by atoms with E-state index in [1.165, 1.54) is 6.07 Å². The van der Waals surface area contributed by atoms with Crippen LogP contribution in [0, 0.1) is 5.92 Å². The molecule has 3 rings (SSSR count). The molecule has 2 aliphatic rings. The quantitative estimate of drug-likeness (QED) is 0.863. The first-order valence-corrected chi connectivity index (χ1v) is 9.03. The number of aryl methyl sites for hydroxylation is 1. The summed E-state index contributed by atoms with van der Waals surface area (Å²) in [6, 6.07) is 1.29. The fraction of sp³-hybridized carbons (Fsp3) is 0.611. The summed E-state index contributed by atoms with van der Waals surface area (Å²) in [6.07, 6.45) is 1.88. The highest BCUT2D eigenvalue weighted by molar-refractivity contribution is 5.96. The molecule has 8 heteroatoms. The monoisotopic (exact) mass is 364 g/mol. The summed E-state index contributed by atoms with van der Waals surface area (Å²) in [6.45, 7) is 4.91. The molecule has 1 N–H and O–H groups in total. The number of carboxylic acid groups (broad SMARTS) is 1. The molecule has 2 aliphatic heterocycles. The van der Waals surface area contributed by atoms with Gasteiger partial charge in [0.1, 0.15) is 11.3 Å². The maximum Gasteiger partial charge on any atom is 0.339 e. The number of hydrogen-bond donors (Lipinski definition) is 1. The summed E-state index contributed by atoms with van der Waals surface area (Å²) in [4.78, 5) is 40.1. The number of carboxylic acids is 1. The van der Waals surface area contributed by atoms with E-state index >= 15 is 0 Å². The molecule has 8 nitrogen and oxygen atoms in total. The molecule has 2 saturated heterocycles. The lowest BCUT2D eigenvalue weighted by molar-refractivity contribution is -0.141. The standard InChI is InChI=1S/C18H24N2O6/c1-2-14-13(18(23)24)10-15(26-14)17(22)20-5-3-4-12(11-20)16(21)19-6-8-25-9-7-19/h10,12H,2-9,11H2,1H3,(H,23,24). The molecule has 2 fully saturated rings. The molecule has 3 heterocycles. The van der Waals surface area contributed by atoms with E-state index in [1.54, 1.807) is 16.7 Å². The highest BCUT2D eigenvalue weighted by Crippen LogP contribution is 2.23. The van der Waals surface area contributed by atoms with Gasteiger partial charge in [0.05, 0.1) is 19.1 Å². The largest absolute Gasteiger partial charge is 0.478 e. The van der Waals surface area contributed by atoms with Crippen LogP contribution in [0.4, 0.5) is 0 Å². The molecular weight excluding hydrogens is 340 g/mol. The summed E-state index contributed by atoms with van der Waals surface area (Å²) >= 11 is 0. The zero-order chi connectivity index (χ0) is 18.7. The number of carbonyl (C=O) groups excluding carboxylic acids is 2. The minimum absolute atomic E-state index is 0.0220. The van der Waals surface area contributed by atoms with Gasteiger partial charge in [0, 0.05) is 38.7 Å². The molecule has 1 aromatic rings. The van der Waals surface area contributed by atoms with Crippen molar-refractivity contribution in [3.05, 3.63) is 23.2 Å². The van der Waals surface area contributed by atoms with E-state index in [2.05, 4.69) is 0 Å². The number of furan rings is 1. The van der Waals surface area contributed by atoms with Gasteiger partial charge in [0.15, 0.2) is 5.76 Å². The number of rotatable bonds is 4. The maximum absolute atomic E-state index is 12.7. The van der Waals surface area contributed by atoms with Gasteiger partial charge in [-0.3, -0.25) is 9.59 Å². The second kappa shape index (κ2) is 7.90. The van der Waals surface area contributed by atoms with Crippen LogP contribution < -0.4 is 0 Å². The highest BCUT2D eigenvalue weighted by Gasteiger charge is 2.33. The zero-order valence-electron chi connectivity index (χ0n) is 14.9. The SMILES string of the molecule is CCc1oc(C(=O)N2CCCC(C(=O)N3CCOCC3)C2)cc1C(=O)O. The molecule has 0 saturated carbocycles. The number of piperidine rings is 1. The number of hydrogen-bond acceptors (Lipinski definition) is 5. The number of carbonyl (C=O) groups is 3. The number of ether oxygens (including phenoxy) is 1. The van der Waals surface area contributed by atoms with Gasteiger partial charge in [-0.2, -0.15) is 0 Å². The molecule has 0 aliphatic carbocycles. The van der Waals surface area contributed by atoms with Gasteiger partial charge in [-0.1, -0.05) is 6.92 Å². The number of likely N-dealkylation sites (tertiary alicyclic amines) is 1. The van der Waals surface area contributed by atoms with Crippen LogP contribution in [-0.2, 0) is 16.0 Å². The molecule has 26 heavy (non-hydrogen) atoms. The van der Waals surface area contributed by atoms with Crippen LogP contribution in [0.1, 0.15) is 46.4 Å². The molecule has 142 valence electrons. The zero-order valence-corrected chi connectivity index (χ0v) is 14.9. The van der Waals surface area contributed by atoms with Crippen molar-refractivity contribution < 1.29 is 28.6 Å². The third-order valence-electron chi connectivity index (χ3n) is 4.95. The predicted octanol–water partition coefficient (Wildman–Crippen LogP) is 1.25. The summed E-state index contributed by atoms with van der Waals surface area (Å²) in [5.74, 6) is -1.32. The van der Waals surface area contributed by atoms with Gasteiger partial charge in [-0.05, 0) is 12.8 Å². The van der Waals surface area contributed by atoms with Crippen molar-refractivity contribution in [2.75, 3.05) is 39.4 Å². The van der Waals surface area contributed by atoms with Crippen LogP contribution in [-0.4, -0.2) is 72.1 Å². The van der Waals surface area contributed by atoms with Crippen molar-refractivity contribution >= 4 is 17.8 Å². The van der Waals surface area contributed by atoms with E-state index in [9.17, 15) is 19.5 Å². The Bertz CT molecular complexity index is 692. The van der Waals surface area contributed by atoms with E-state index in [0.717, 1.165) is 12.8 Å². The van der Waals surface area contributed by atoms with Crippen molar-refractivity contribution in [3.8, 4) is 0 Å². The first-order chi connectivity index (χ1) is 12.5. The van der Waals surface area contributed by atoms with Crippen molar-refractivity contribution in [3.63, 3.8) is 0 Å². The Morgan fingerprint density at radius 2 is 1.92 bits per heavy atom. The maximum atomic E-state index is 12.7. The average Bonchev–Trinajstić information content (AvgIpc) is 3.12. The summed E-state index contributed by atoms with van der Waals surface area (Å²) in [5, 5.41) is 9.22. The third kappa shape index (κ3) is 3.75. The topological polar surface area (TPSA) is 100 Å². The van der Waals surface area contributed by atoms with Gasteiger partial charge in [0.2, 0.25) is 5.91 Å². The van der Waals surface area contributed by atoms with E-state index in [0.29, 0.717) is 51.6 Å². The van der Waals surface area contributed by atoms with E-state index < -0.39 is 5.97 Å². The Labute approximate surface area is 151 Å². The first kappa shape index (κ1) is 18.4. The average molecular weight is 364 g/mol. The normalized spacial score (nSPS) is 20.9. The second-order valence-corrected chi connectivity index (χ2v) is 6.63. The minimum atomic E-state index is -1.11. The lowest BCUT2D eigenvalue weighted by Gasteiger charge is -2.35. The summed E-state index contributed by atoms with van der Waals surface area (Å²) in [5.41, 5.74) is 0.0220. The van der Waals surface area contributed by atoms with Crippen LogP contribution in [0.3, 0.4) is 0 Å². The fourth-order valence-corrected chi connectivity index (χ4v) is 3.54. The van der Waals surface area contributed by atoms with Crippen LogP contribution in [0.25, 0.3) is 0 Å². The number of amides is 2. The van der Waals surface area contributed by atoms with Gasteiger partial charge in [-0.15, -0.1) is 0 Å². The molecule has 0 bridgehead atoms. The van der Waals surface area contributed by atoms with Crippen LogP contribution in [0.2, 0.25) is 0 Å². The highest BCUT2D eigenvalue weighted by atomic mass is 16.5. The van der Waals surface area contributed by atoms with E-state index in [4.69, 9.17) is 9.15 Å². The van der Waals surface area contributed by atoms with Gasteiger partial charge in [-0.25, -0.2) is 4.79 Å². The first-order valence-electron chi connectivity index (χ1n) is 9.03. The minimum Gasteiger partial charge on any atom is -0.478 e. The molecule has 2 amide bonds. The number of nitrogens with zero attached hydrogens (tertiary/aromatic N) is 2. The van der Waals surface area contributed by atoms with Crippen molar-refractivity contribution in [1.29, 1.82) is 0 Å². The Morgan fingerprint density at radius 1 is 1.19 bits per heavy atom. The van der Waals surface area contributed by atoms with Crippen molar-refractivity contribution in [2.24, 2.45) is 5.92 Å². The smallest absolute Gasteiger partial charge is 0.339 e. The third-order valence-corrected chi connectivity index (χ3v) is 4.95. The summed E-state index contributed by atoms with van der Waals surface area (Å²) in [7, 11) is 0. The molecule has 1 atom stereocenters. The Balaban J connectivity index is 1.70. The lowest BCUT2D eigenvalue weighted by Crippen LogP contribution is -2.49. The number of aromatic carboxylic acids is 1. The Morgan fingerprint density at radius 3 is 2.54 bits per heavy atom. The van der Waals surface area contributed by atoms with Crippen LogP contribution in [0.15, 0.2) is 10.5 Å². The van der Waals surface area contributed by atoms with Gasteiger partial charge in [0.25, 0.3) is 5.91 Å². The number of morpholine rings is 1. The van der Waals surface area contributed by atoms with E-state index in [-0.39, 0.29) is 29.1 Å². The van der Waals surface area contributed by atoms with Crippen molar-refractivity contribution in [2.45, 2.75) is 26.2 Å². The second-order valence-electron chi connectivity index (χ2n) is 6.63.